The molecule has 0 bridgehead atoms. The second-order valence-electron chi connectivity index (χ2n) is 4.00. The van der Waals surface area contributed by atoms with Crippen molar-refractivity contribution >= 4 is 22.1 Å². The molecule has 2 atom stereocenters. The smallest absolute Gasteiger partial charge is 0.469 e. The minimum atomic E-state index is -5.87. The number of hydrogen-bond donors (Lipinski definition) is 0. The summed E-state index contributed by atoms with van der Waals surface area (Å²) in [6, 6.07) is 0. The minimum absolute atomic E-state index is 0.526. The van der Waals surface area contributed by atoms with Gasteiger partial charge in [-0.1, -0.05) is 0 Å². The molecule has 0 unspecified atom stereocenters. The van der Waals surface area contributed by atoms with Crippen molar-refractivity contribution in [1.82, 2.24) is 0 Å². The number of allylic oxidation sites excluding steroid dienone is 1. The van der Waals surface area contributed by atoms with Crippen molar-refractivity contribution in [3.63, 3.8) is 0 Å². The zero-order chi connectivity index (χ0) is 16.4. The first-order chi connectivity index (χ1) is 9.53. The van der Waals surface area contributed by atoms with Gasteiger partial charge in [-0.25, -0.2) is 0 Å². The molecule has 0 fully saturated rings. The molecule has 120 valence electrons. The van der Waals surface area contributed by atoms with Crippen molar-refractivity contribution in [3.8, 4) is 0 Å². The molecule has 0 aromatic heterocycles. The quantitative estimate of drug-likeness (QED) is 0.425. The van der Waals surface area contributed by atoms with Crippen LogP contribution in [0.15, 0.2) is 11.8 Å². The number of alkyl halides is 3. The molecule has 1 aliphatic rings. The second kappa shape index (κ2) is 5.92. The Hall–Kier alpha value is -1.78. The minimum Gasteiger partial charge on any atom is -0.469 e. The fourth-order valence-corrected chi connectivity index (χ4v) is 2.23. The van der Waals surface area contributed by atoms with Crippen LogP contribution in [0.25, 0.3) is 0 Å². The lowest BCUT2D eigenvalue weighted by molar-refractivity contribution is -0.154. The van der Waals surface area contributed by atoms with Crippen LogP contribution in [0.2, 0.25) is 0 Å². The first kappa shape index (κ1) is 17.3. The van der Waals surface area contributed by atoms with Gasteiger partial charge in [0.2, 0.25) is 0 Å². The van der Waals surface area contributed by atoms with Crippen LogP contribution in [0.4, 0.5) is 13.2 Å². The van der Waals surface area contributed by atoms with E-state index in [2.05, 4.69) is 13.7 Å². The number of carbonyl (C=O) groups excluding carboxylic acids is 2. The van der Waals surface area contributed by atoms with E-state index in [1.165, 1.54) is 0 Å². The van der Waals surface area contributed by atoms with Gasteiger partial charge >= 0.3 is 27.6 Å². The van der Waals surface area contributed by atoms with Crippen LogP contribution in [0.5, 0.6) is 0 Å². The predicted octanol–water partition coefficient (Wildman–Crippen LogP) is 0.719. The Morgan fingerprint density at radius 3 is 2.14 bits per heavy atom. The molecule has 0 N–H and O–H groups in total. The van der Waals surface area contributed by atoms with E-state index < -0.39 is 51.6 Å². The third-order valence-corrected chi connectivity index (χ3v) is 3.70. The van der Waals surface area contributed by atoms with E-state index in [-0.39, 0.29) is 0 Å². The highest BCUT2D eigenvalue weighted by Gasteiger charge is 2.50. The molecule has 0 amide bonds. The lowest BCUT2D eigenvalue weighted by Crippen LogP contribution is -2.27. The lowest BCUT2D eigenvalue weighted by atomic mass is 9.96. The molecule has 0 spiro atoms. The molecular formula is C10H11F3O7S. The SMILES string of the molecule is COC(=O)[C@@H]1C=C(OS(=O)(=O)C(F)(F)F)C[C@H]1C(=O)OC. The van der Waals surface area contributed by atoms with Crippen molar-refractivity contribution in [3.05, 3.63) is 11.8 Å². The van der Waals surface area contributed by atoms with Crippen LogP contribution in [0.1, 0.15) is 6.42 Å². The zero-order valence-corrected chi connectivity index (χ0v) is 11.7. The fourth-order valence-electron chi connectivity index (χ4n) is 1.73. The molecular weight excluding hydrogens is 321 g/mol. The van der Waals surface area contributed by atoms with E-state index in [1.807, 2.05) is 0 Å². The Bertz CT molecular complexity index is 564. The van der Waals surface area contributed by atoms with Crippen LogP contribution < -0.4 is 0 Å². The molecule has 0 aromatic carbocycles. The Morgan fingerprint density at radius 1 is 1.19 bits per heavy atom. The monoisotopic (exact) mass is 332 g/mol. The zero-order valence-electron chi connectivity index (χ0n) is 10.8. The normalized spacial score (nSPS) is 22.4. The van der Waals surface area contributed by atoms with Crippen molar-refractivity contribution < 1.29 is 44.8 Å². The third kappa shape index (κ3) is 3.65. The Morgan fingerprint density at radius 2 is 1.71 bits per heavy atom. The van der Waals surface area contributed by atoms with Crippen molar-refractivity contribution in [1.29, 1.82) is 0 Å². The second-order valence-corrected chi connectivity index (χ2v) is 5.54. The molecule has 0 heterocycles. The summed E-state index contributed by atoms with van der Waals surface area (Å²) in [7, 11) is -3.84. The maximum atomic E-state index is 12.2. The molecule has 11 heteroatoms. The van der Waals surface area contributed by atoms with Gasteiger partial charge in [-0.2, -0.15) is 21.6 Å². The molecule has 21 heavy (non-hydrogen) atoms. The molecule has 0 aromatic rings. The molecule has 1 rings (SSSR count). The van der Waals surface area contributed by atoms with E-state index in [4.69, 9.17) is 0 Å². The Labute approximate surface area is 117 Å². The summed E-state index contributed by atoms with van der Waals surface area (Å²) in [6.07, 6.45) is 0.276. The summed E-state index contributed by atoms with van der Waals surface area (Å²) in [6.45, 7) is 0. The summed E-state index contributed by atoms with van der Waals surface area (Å²) < 4.78 is 71.1. The number of hydrogen-bond acceptors (Lipinski definition) is 7. The molecule has 7 nitrogen and oxygen atoms in total. The van der Waals surface area contributed by atoms with Gasteiger partial charge in [0, 0.05) is 6.42 Å². The molecule has 0 aliphatic heterocycles. The van der Waals surface area contributed by atoms with Gasteiger partial charge in [-0.05, 0) is 6.08 Å². The first-order valence-electron chi connectivity index (χ1n) is 5.40. The Balaban J connectivity index is 3.01. The van der Waals surface area contributed by atoms with Gasteiger partial charge in [0.1, 0.15) is 5.76 Å². The van der Waals surface area contributed by atoms with Crippen LogP contribution in [0.3, 0.4) is 0 Å². The standard InChI is InChI=1S/C10H11F3O7S/c1-18-8(14)6-3-5(4-7(6)9(15)19-2)20-21(16,17)10(11,12)13/h3,6-7H,4H2,1-2H3/t6-,7-/m1/s1. The first-order valence-corrected chi connectivity index (χ1v) is 6.81. The van der Waals surface area contributed by atoms with Crippen LogP contribution in [-0.4, -0.2) is 40.1 Å². The molecule has 0 saturated heterocycles. The molecule has 0 saturated carbocycles. The highest BCUT2D eigenvalue weighted by Crippen LogP contribution is 2.36. The predicted molar refractivity (Wildman–Crippen MR) is 59.8 cm³/mol. The van der Waals surface area contributed by atoms with Crippen LogP contribution in [-0.2, 0) is 33.4 Å². The largest absolute Gasteiger partial charge is 0.534 e. The number of ether oxygens (including phenoxy) is 2. The lowest BCUT2D eigenvalue weighted by Gasteiger charge is -2.14. The van der Waals surface area contributed by atoms with Crippen molar-refractivity contribution in [2.45, 2.75) is 11.9 Å². The number of esters is 2. The van der Waals surface area contributed by atoms with Crippen molar-refractivity contribution in [2.24, 2.45) is 11.8 Å². The summed E-state index contributed by atoms with van der Waals surface area (Å²) >= 11 is 0. The highest BCUT2D eigenvalue weighted by atomic mass is 32.2. The fraction of sp³-hybridized carbons (Fsp3) is 0.600. The number of rotatable bonds is 4. The van der Waals surface area contributed by atoms with Gasteiger partial charge in [0.05, 0.1) is 26.1 Å². The summed E-state index contributed by atoms with van der Waals surface area (Å²) in [5, 5.41) is 0. The maximum Gasteiger partial charge on any atom is 0.534 e. The highest BCUT2D eigenvalue weighted by molar-refractivity contribution is 7.87. The van der Waals surface area contributed by atoms with E-state index in [0.29, 0.717) is 0 Å². The number of halogens is 3. The van der Waals surface area contributed by atoms with E-state index in [0.717, 1.165) is 20.3 Å². The van der Waals surface area contributed by atoms with E-state index >= 15 is 0 Å². The topological polar surface area (TPSA) is 96.0 Å². The summed E-state index contributed by atoms with van der Waals surface area (Å²) in [5.41, 5.74) is -5.61. The van der Waals surface area contributed by atoms with Gasteiger partial charge in [-0.3, -0.25) is 9.59 Å². The van der Waals surface area contributed by atoms with Crippen molar-refractivity contribution in [2.75, 3.05) is 14.2 Å². The van der Waals surface area contributed by atoms with Crippen LogP contribution >= 0.6 is 0 Å². The average molecular weight is 332 g/mol. The van der Waals surface area contributed by atoms with Gasteiger partial charge < -0.3 is 13.7 Å². The third-order valence-electron chi connectivity index (χ3n) is 2.70. The Kier molecular flexibility index (Phi) is 4.87. The van der Waals surface area contributed by atoms with Gasteiger partial charge in [0.25, 0.3) is 0 Å². The van der Waals surface area contributed by atoms with E-state index in [9.17, 15) is 31.2 Å². The number of methoxy groups -OCH3 is 2. The van der Waals surface area contributed by atoms with Gasteiger partial charge in [0.15, 0.2) is 0 Å². The average Bonchev–Trinajstić information content (AvgIpc) is 2.78. The van der Waals surface area contributed by atoms with E-state index in [1.54, 1.807) is 0 Å². The van der Waals surface area contributed by atoms with Crippen LogP contribution in [0, 0.1) is 11.8 Å². The molecule has 1 aliphatic carbocycles. The molecule has 0 radical (unpaired) electrons. The number of carbonyl (C=O) groups is 2. The summed E-state index contributed by atoms with van der Waals surface area (Å²) in [4.78, 5) is 22.9. The van der Waals surface area contributed by atoms with Gasteiger partial charge in [-0.15, -0.1) is 0 Å². The maximum absolute atomic E-state index is 12.2. The summed E-state index contributed by atoms with van der Waals surface area (Å²) in [5.74, 6) is -4.97.